The molecule has 0 N–H and O–H groups in total. The van der Waals surface area contributed by atoms with Crippen LogP contribution in [0, 0.1) is 5.92 Å². The van der Waals surface area contributed by atoms with Crippen LogP contribution in [0.5, 0.6) is 0 Å². The molecule has 5 nitrogen and oxygen atoms in total. The molecule has 1 fully saturated rings. The normalized spacial score (nSPS) is 16.3. The summed E-state index contributed by atoms with van der Waals surface area (Å²) in [6, 6.07) is 15.1. The molecule has 136 valence electrons. The number of ketones is 2. The molecule has 0 bridgehead atoms. The van der Waals surface area contributed by atoms with Crippen molar-refractivity contribution in [1.82, 2.24) is 4.31 Å². The third kappa shape index (κ3) is 3.76. The second-order valence-electron chi connectivity index (χ2n) is 6.49. The van der Waals surface area contributed by atoms with Gasteiger partial charge in [0.25, 0.3) is 0 Å². The first-order valence-corrected chi connectivity index (χ1v) is 10.0. The van der Waals surface area contributed by atoms with E-state index in [1.165, 1.54) is 35.5 Å². The largest absolute Gasteiger partial charge is 0.295 e. The van der Waals surface area contributed by atoms with E-state index in [1.807, 2.05) is 18.2 Å². The van der Waals surface area contributed by atoms with E-state index in [0.717, 1.165) is 0 Å². The van der Waals surface area contributed by atoms with Crippen molar-refractivity contribution in [2.24, 2.45) is 5.92 Å². The summed E-state index contributed by atoms with van der Waals surface area (Å²) < 4.78 is 27.0. The predicted octanol–water partition coefficient (Wildman–Crippen LogP) is 3.17. The molecule has 0 atom stereocenters. The zero-order valence-corrected chi connectivity index (χ0v) is 15.4. The lowest BCUT2D eigenvalue weighted by Gasteiger charge is -2.30. The summed E-state index contributed by atoms with van der Waals surface area (Å²) in [6.45, 7) is 2.08. The van der Waals surface area contributed by atoms with Gasteiger partial charge in [0, 0.05) is 30.1 Å². The summed E-state index contributed by atoms with van der Waals surface area (Å²) in [7, 11) is -3.61. The summed E-state index contributed by atoms with van der Waals surface area (Å²) in [5, 5.41) is 0. The van der Waals surface area contributed by atoms with E-state index in [0.29, 0.717) is 37.1 Å². The van der Waals surface area contributed by atoms with Gasteiger partial charge in [-0.15, -0.1) is 0 Å². The van der Waals surface area contributed by atoms with Gasteiger partial charge in [-0.05, 0) is 31.9 Å². The Balaban J connectivity index is 1.68. The zero-order valence-electron chi connectivity index (χ0n) is 14.6. The Morgan fingerprint density at radius 2 is 1.46 bits per heavy atom. The molecule has 0 radical (unpaired) electrons. The molecule has 1 saturated heterocycles. The van der Waals surface area contributed by atoms with E-state index in [2.05, 4.69) is 0 Å². The first-order valence-electron chi connectivity index (χ1n) is 8.60. The number of sulfonamides is 1. The molecule has 1 heterocycles. The van der Waals surface area contributed by atoms with E-state index in [9.17, 15) is 18.0 Å². The maximum atomic E-state index is 12.8. The molecular formula is C20H21NO4S. The Morgan fingerprint density at radius 1 is 0.885 bits per heavy atom. The van der Waals surface area contributed by atoms with Gasteiger partial charge in [0.2, 0.25) is 10.0 Å². The van der Waals surface area contributed by atoms with E-state index in [-0.39, 0.29) is 22.4 Å². The summed E-state index contributed by atoms with van der Waals surface area (Å²) in [5.74, 6) is -0.174. The van der Waals surface area contributed by atoms with Gasteiger partial charge in [0.1, 0.15) is 0 Å². The Labute approximate surface area is 153 Å². The molecule has 0 aromatic heterocycles. The van der Waals surface area contributed by atoms with Crippen LogP contribution in [0.15, 0.2) is 59.5 Å². The molecule has 6 heteroatoms. The van der Waals surface area contributed by atoms with Crippen LogP contribution in [0.3, 0.4) is 0 Å². The highest BCUT2D eigenvalue weighted by molar-refractivity contribution is 7.89. The molecule has 3 rings (SSSR count). The predicted molar refractivity (Wildman–Crippen MR) is 98.7 cm³/mol. The molecule has 2 aromatic rings. The Kier molecular flexibility index (Phi) is 5.34. The molecule has 26 heavy (non-hydrogen) atoms. The van der Waals surface area contributed by atoms with E-state index in [4.69, 9.17) is 0 Å². The second kappa shape index (κ2) is 7.51. The fraction of sp³-hybridized carbons (Fsp3) is 0.300. The number of carbonyl (C=O) groups is 2. The molecule has 1 aliphatic heterocycles. The van der Waals surface area contributed by atoms with Gasteiger partial charge in [0.05, 0.1) is 4.90 Å². The standard InChI is InChI=1S/C20H21NO4S/c1-15(22)16-7-9-19(10-8-16)26(24,25)21-13-11-18(12-14-21)20(23)17-5-3-2-4-6-17/h2-10,18H,11-14H2,1H3. The van der Waals surface area contributed by atoms with E-state index in [1.54, 1.807) is 12.1 Å². The van der Waals surface area contributed by atoms with Crippen molar-refractivity contribution in [2.45, 2.75) is 24.7 Å². The molecule has 2 aromatic carbocycles. The summed E-state index contributed by atoms with van der Waals surface area (Å²) in [6.07, 6.45) is 1.02. The zero-order chi connectivity index (χ0) is 18.7. The van der Waals surface area contributed by atoms with Crippen LogP contribution in [0.2, 0.25) is 0 Å². The number of carbonyl (C=O) groups excluding carboxylic acids is 2. The Hall–Kier alpha value is -2.31. The third-order valence-electron chi connectivity index (χ3n) is 4.78. The van der Waals surface area contributed by atoms with Crippen molar-refractivity contribution in [2.75, 3.05) is 13.1 Å². The highest BCUT2D eigenvalue weighted by Crippen LogP contribution is 2.26. The van der Waals surface area contributed by atoms with Crippen LogP contribution >= 0.6 is 0 Å². The van der Waals surface area contributed by atoms with Crippen LogP contribution in [0.25, 0.3) is 0 Å². The van der Waals surface area contributed by atoms with Gasteiger partial charge in [-0.3, -0.25) is 9.59 Å². The molecule has 0 spiro atoms. The highest BCUT2D eigenvalue weighted by atomic mass is 32.2. The van der Waals surface area contributed by atoms with Gasteiger partial charge in [0.15, 0.2) is 11.6 Å². The monoisotopic (exact) mass is 371 g/mol. The summed E-state index contributed by atoms with van der Waals surface area (Å²) in [5.41, 5.74) is 1.16. The molecule has 0 unspecified atom stereocenters. The lowest BCUT2D eigenvalue weighted by molar-refractivity contribution is 0.0875. The average molecular weight is 371 g/mol. The van der Waals surface area contributed by atoms with E-state index >= 15 is 0 Å². The third-order valence-corrected chi connectivity index (χ3v) is 6.69. The Bertz CT molecular complexity index is 897. The SMILES string of the molecule is CC(=O)c1ccc(S(=O)(=O)N2CCC(C(=O)c3ccccc3)CC2)cc1. The van der Waals surface area contributed by atoms with E-state index < -0.39 is 10.0 Å². The fourth-order valence-electron chi connectivity index (χ4n) is 3.21. The van der Waals surface area contributed by atoms with Crippen molar-refractivity contribution in [1.29, 1.82) is 0 Å². The minimum absolute atomic E-state index is 0.0773. The lowest BCUT2D eigenvalue weighted by Crippen LogP contribution is -2.40. The van der Waals surface area contributed by atoms with Crippen LogP contribution < -0.4 is 0 Å². The number of Topliss-reactive ketones (excluding diaryl/α,β-unsaturated/α-hetero) is 2. The smallest absolute Gasteiger partial charge is 0.243 e. The maximum Gasteiger partial charge on any atom is 0.243 e. The minimum Gasteiger partial charge on any atom is -0.295 e. The average Bonchev–Trinajstić information content (AvgIpc) is 2.68. The molecular weight excluding hydrogens is 350 g/mol. The number of benzene rings is 2. The van der Waals surface area contributed by atoms with Crippen molar-refractivity contribution in [3.05, 3.63) is 65.7 Å². The van der Waals surface area contributed by atoms with Crippen molar-refractivity contribution >= 4 is 21.6 Å². The summed E-state index contributed by atoms with van der Waals surface area (Å²) in [4.78, 5) is 24.0. The number of rotatable bonds is 5. The molecule has 1 aliphatic rings. The first kappa shape index (κ1) is 18.5. The second-order valence-corrected chi connectivity index (χ2v) is 8.43. The quantitative estimate of drug-likeness (QED) is 0.757. The highest BCUT2D eigenvalue weighted by Gasteiger charge is 2.32. The van der Waals surface area contributed by atoms with Crippen LogP contribution in [0.1, 0.15) is 40.5 Å². The fourth-order valence-corrected chi connectivity index (χ4v) is 4.68. The molecule has 0 amide bonds. The van der Waals surface area contributed by atoms with Gasteiger partial charge < -0.3 is 0 Å². The number of piperidine rings is 1. The van der Waals surface area contributed by atoms with Gasteiger partial charge in [-0.1, -0.05) is 42.5 Å². The maximum absolute atomic E-state index is 12.8. The van der Waals surface area contributed by atoms with Crippen LogP contribution in [0.4, 0.5) is 0 Å². The van der Waals surface area contributed by atoms with Crippen LogP contribution in [-0.4, -0.2) is 37.4 Å². The Morgan fingerprint density at radius 3 is 2.00 bits per heavy atom. The minimum atomic E-state index is -3.61. The van der Waals surface area contributed by atoms with Crippen molar-refractivity contribution < 1.29 is 18.0 Å². The van der Waals surface area contributed by atoms with Gasteiger partial charge in [-0.2, -0.15) is 4.31 Å². The number of nitrogens with zero attached hydrogens (tertiary/aromatic N) is 1. The number of hydrogen-bond donors (Lipinski definition) is 0. The molecule has 0 saturated carbocycles. The lowest BCUT2D eigenvalue weighted by atomic mass is 9.90. The summed E-state index contributed by atoms with van der Waals surface area (Å²) >= 11 is 0. The van der Waals surface area contributed by atoms with Crippen molar-refractivity contribution in [3.8, 4) is 0 Å². The number of hydrogen-bond acceptors (Lipinski definition) is 4. The van der Waals surface area contributed by atoms with Crippen molar-refractivity contribution in [3.63, 3.8) is 0 Å². The molecule has 0 aliphatic carbocycles. The topological polar surface area (TPSA) is 71.5 Å². The van der Waals surface area contributed by atoms with Gasteiger partial charge >= 0.3 is 0 Å². The van der Waals surface area contributed by atoms with Crippen LogP contribution in [-0.2, 0) is 10.0 Å². The first-order chi connectivity index (χ1) is 12.4. The van der Waals surface area contributed by atoms with Gasteiger partial charge in [-0.25, -0.2) is 8.42 Å².